The fourth-order valence-electron chi connectivity index (χ4n) is 4.47. The molecule has 3 heterocycles. The number of carbonyl (C=O) groups is 1. The Morgan fingerprint density at radius 3 is 2.43 bits per heavy atom. The van der Waals surface area contributed by atoms with Gasteiger partial charge in [0.05, 0.1) is 24.4 Å². The number of ether oxygens (including phenoxy) is 1. The Morgan fingerprint density at radius 2 is 1.79 bits per heavy atom. The van der Waals surface area contributed by atoms with E-state index in [2.05, 4.69) is 45.7 Å². The summed E-state index contributed by atoms with van der Waals surface area (Å²) in [6, 6.07) is 8.75. The first-order valence-electron chi connectivity index (χ1n) is 9.98. The first-order valence-corrected chi connectivity index (χ1v) is 10.8. The molecule has 0 radical (unpaired) electrons. The number of amides is 1. The summed E-state index contributed by atoms with van der Waals surface area (Å²) in [4.78, 5) is 17.2. The lowest BCUT2D eigenvalue weighted by atomic mass is 9.87. The van der Waals surface area contributed by atoms with Crippen molar-refractivity contribution in [3.05, 3.63) is 46.5 Å². The van der Waals surface area contributed by atoms with Crippen molar-refractivity contribution in [3.8, 4) is 0 Å². The maximum atomic E-state index is 12.9. The second kappa shape index (κ2) is 8.27. The van der Waals surface area contributed by atoms with Gasteiger partial charge in [-0.15, -0.1) is 5.10 Å². The number of aryl methyl sites for hydroxylation is 1. The van der Waals surface area contributed by atoms with Crippen LogP contribution in [0, 0.1) is 6.92 Å². The summed E-state index contributed by atoms with van der Waals surface area (Å²) in [5.41, 5.74) is 3.61. The third-order valence-electron chi connectivity index (χ3n) is 5.79. The molecule has 0 N–H and O–H groups in total. The molecule has 4 atom stereocenters. The molecule has 0 unspecified atom stereocenters. The minimum absolute atomic E-state index is 0.0976. The topological polar surface area (TPSA) is 58.6 Å². The van der Waals surface area contributed by atoms with E-state index in [4.69, 9.17) is 4.74 Å². The van der Waals surface area contributed by atoms with Crippen LogP contribution in [0.15, 0.2) is 29.6 Å². The van der Waals surface area contributed by atoms with Crippen molar-refractivity contribution in [1.82, 2.24) is 19.4 Å². The number of carbonyl (C=O) groups excluding carboxylic acids is 1. The molecule has 0 spiro atoms. The van der Waals surface area contributed by atoms with Crippen molar-refractivity contribution >= 4 is 17.4 Å². The minimum atomic E-state index is 0.0976. The third kappa shape index (κ3) is 4.26. The molecule has 150 valence electrons. The number of likely N-dealkylation sites (tertiary alicyclic amines) is 1. The molecule has 2 saturated heterocycles. The molecule has 7 heteroatoms. The van der Waals surface area contributed by atoms with E-state index in [0.29, 0.717) is 25.6 Å². The Balaban J connectivity index is 1.48. The van der Waals surface area contributed by atoms with Crippen molar-refractivity contribution in [1.29, 1.82) is 0 Å². The fourth-order valence-corrected chi connectivity index (χ4v) is 4.99. The molecule has 2 aliphatic rings. The lowest BCUT2D eigenvalue weighted by molar-refractivity contribution is -0.144. The smallest absolute Gasteiger partial charge is 0.236 e. The standard InChI is InChI=1S/C21H28N4O2S/c1-14-4-6-17(7-5-14)18-10-24(11-19(18)20-13-28-23-22-20)12-21(26)25-8-15(2)27-16(3)9-25/h4-7,13,15-16,18-19H,8-12H2,1-3H3/t15-,16+,18-,19+/m0/s1. The molecule has 6 nitrogen and oxygen atoms in total. The third-order valence-corrected chi connectivity index (χ3v) is 6.31. The highest BCUT2D eigenvalue weighted by Crippen LogP contribution is 2.39. The van der Waals surface area contributed by atoms with Crippen LogP contribution in [-0.2, 0) is 9.53 Å². The number of morpholine rings is 1. The lowest BCUT2D eigenvalue weighted by Gasteiger charge is -2.36. The first-order chi connectivity index (χ1) is 13.5. The molecule has 4 rings (SSSR count). The molecule has 2 aliphatic heterocycles. The molecule has 1 aromatic heterocycles. The molecular formula is C21H28N4O2S. The van der Waals surface area contributed by atoms with Gasteiger partial charge in [0.25, 0.3) is 0 Å². The molecule has 0 saturated carbocycles. The van der Waals surface area contributed by atoms with E-state index in [9.17, 15) is 4.79 Å². The van der Waals surface area contributed by atoms with Gasteiger partial charge >= 0.3 is 0 Å². The second-order valence-corrected chi connectivity index (χ2v) is 8.81. The molecular weight excluding hydrogens is 372 g/mol. The average Bonchev–Trinajstić information content (AvgIpc) is 3.31. The highest BCUT2D eigenvalue weighted by Gasteiger charge is 2.38. The zero-order valence-corrected chi connectivity index (χ0v) is 17.6. The van der Waals surface area contributed by atoms with E-state index < -0.39 is 0 Å². The van der Waals surface area contributed by atoms with Gasteiger partial charge in [-0.3, -0.25) is 9.69 Å². The highest BCUT2D eigenvalue weighted by atomic mass is 32.1. The van der Waals surface area contributed by atoms with Crippen LogP contribution in [-0.4, -0.2) is 70.2 Å². The summed E-state index contributed by atoms with van der Waals surface area (Å²) in [6.45, 7) is 9.69. The lowest BCUT2D eigenvalue weighted by Crippen LogP contribution is -2.50. The highest BCUT2D eigenvalue weighted by molar-refractivity contribution is 7.03. The molecule has 28 heavy (non-hydrogen) atoms. The predicted octanol–water partition coefficient (Wildman–Crippen LogP) is 2.67. The van der Waals surface area contributed by atoms with Crippen molar-refractivity contribution in [2.75, 3.05) is 32.7 Å². The average molecular weight is 401 g/mol. The summed E-state index contributed by atoms with van der Waals surface area (Å²) in [5, 5.41) is 6.39. The van der Waals surface area contributed by atoms with Gasteiger partial charge in [0.1, 0.15) is 0 Å². The zero-order valence-electron chi connectivity index (χ0n) is 16.7. The maximum Gasteiger partial charge on any atom is 0.236 e. The number of nitrogens with zero attached hydrogens (tertiary/aromatic N) is 4. The van der Waals surface area contributed by atoms with Gasteiger partial charge < -0.3 is 9.64 Å². The van der Waals surface area contributed by atoms with Gasteiger partial charge in [0.15, 0.2) is 0 Å². The Bertz CT molecular complexity index is 785. The van der Waals surface area contributed by atoms with E-state index in [1.807, 2.05) is 24.1 Å². The van der Waals surface area contributed by atoms with Crippen LogP contribution in [0.5, 0.6) is 0 Å². The maximum absolute atomic E-state index is 12.9. The SMILES string of the molecule is Cc1ccc([C@@H]2CN(CC(=O)N3C[C@@H](C)O[C@@H](C)C3)C[C@H]2c2csnn2)cc1. The molecule has 2 fully saturated rings. The molecule has 1 amide bonds. The van der Waals surface area contributed by atoms with E-state index in [1.54, 1.807) is 0 Å². The van der Waals surface area contributed by atoms with Gasteiger partial charge in [0.2, 0.25) is 5.91 Å². The quantitative estimate of drug-likeness (QED) is 0.790. The molecule has 0 aliphatic carbocycles. The van der Waals surface area contributed by atoms with Crippen LogP contribution in [0.4, 0.5) is 0 Å². The van der Waals surface area contributed by atoms with Crippen molar-refractivity contribution < 1.29 is 9.53 Å². The van der Waals surface area contributed by atoms with E-state index in [-0.39, 0.29) is 24.0 Å². The predicted molar refractivity (Wildman–Crippen MR) is 110 cm³/mol. The van der Waals surface area contributed by atoms with Crippen LogP contribution >= 0.6 is 11.5 Å². The monoisotopic (exact) mass is 400 g/mol. The number of hydrogen-bond acceptors (Lipinski definition) is 6. The van der Waals surface area contributed by atoms with Crippen LogP contribution in [0.25, 0.3) is 0 Å². The summed E-state index contributed by atoms with van der Waals surface area (Å²) < 4.78 is 9.83. The Hall–Kier alpha value is -1.83. The summed E-state index contributed by atoms with van der Waals surface area (Å²) in [5.74, 6) is 0.804. The fraction of sp³-hybridized carbons (Fsp3) is 0.571. The summed E-state index contributed by atoms with van der Waals surface area (Å²) in [7, 11) is 0. The summed E-state index contributed by atoms with van der Waals surface area (Å²) >= 11 is 1.40. The van der Waals surface area contributed by atoms with Crippen molar-refractivity contribution in [2.24, 2.45) is 0 Å². The molecule has 0 bridgehead atoms. The Morgan fingerprint density at radius 1 is 1.11 bits per heavy atom. The van der Waals surface area contributed by atoms with Gasteiger partial charge in [-0.2, -0.15) is 0 Å². The largest absolute Gasteiger partial charge is 0.372 e. The Kier molecular flexibility index (Phi) is 5.75. The Labute approximate surface area is 170 Å². The van der Waals surface area contributed by atoms with Crippen LogP contribution in [0.2, 0.25) is 0 Å². The minimum Gasteiger partial charge on any atom is -0.372 e. The number of hydrogen-bond donors (Lipinski definition) is 0. The number of aromatic nitrogens is 2. The van der Waals surface area contributed by atoms with Gasteiger partial charge in [-0.1, -0.05) is 34.3 Å². The van der Waals surface area contributed by atoms with Crippen LogP contribution in [0.1, 0.15) is 42.5 Å². The van der Waals surface area contributed by atoms with Crippen molar-refractivity contribution in [2.45, 2.75) is 44.8 Å². The zero-order chi connectivity index (χ0) is 19.7. The van der Waals surface area contributed by atoms with E-state index >= 15 is 0 Å². The number of benzene rings is 1. The first kappa shape index (κ1) is 19.5. The van der Waals surface area contributed by atoms with Gasteiger partial charge in [-0.05, 0) is 37.9 Å². The second-order valence-electron chi connectivity index (χ2n) is 8.20. The van der Waals surface area contributed by atoms with Gasteiger partial charge in [0, 0.05) is 43.4 Å². The normalized spacial score (nSPS) is 28.6. The summed E-state index contributed by atoms with van der Waals surface area (Å²) in [6.07, 6.45) is 0.195. The van der Waals surface area contributed by atoms with Crippen LogP contribution in [0.3, 0.4) is 0 Å². The van der Waals surface area contributed by atoms with Crippen LogP contribution < -0.4 is 0 Å². The number of rotatable bonds is 4. The molecule has 2 aromatic rings. The van der Waals surface area contributed by atoms with E-state index in [0.717, 1.165) is 18.8 Å². The van der Waals surface area contributed by atoms with E-state index in [1.165, 1.54) is 22.7 Å². The van der Waals surface area contributed by atoms with Gasteiger partial charge in [-0.25, -0.2) is 0 Å². The van der Waals surface area contributed by atoms with Crippen molar-refractivity contribution in [3.63, 3.8) is 0 Å². The molecule has 1 aromatic carbocycles.